The maximum Gasteiger partial charge on any atom is 0.345 e. The van der Waals surface area contributed by atoms with Crippen molar-refractivity contribution in [3.05, 3.63) is 57.8 Å². The molecule has 25 heavy (non-hydrogen) atoms. The van der Waals surface area contributed by atoms with Crippen LogP contribution in [0.25, 0.3) is 0 Å². The molecule has 0 aliphatic rings. The molecule has 1 aromatic carbocycles. The molecule has 0 atom stereocenters. The van der Waals surface area contributed by atoms with Crippen molar-refractivity contribution >= 4 is 29.1 Å². The SMILES string of the molecule is CC(=O)N(CCC(=O)NCc1ccc(C(=O)O)s1)Cc1ccccc1. The van der Waals surface area contributed by atoms with Crippen molar-refractivity contribution in [3.63, 3.8) is 0 Å². The van der Waals surface area contributed by atoms with Gasteiger partial charge in [-0.15, -0.1) is 11.3 Å². The summed E-state index contributed by atoms with van der Waals surface area (Å²) in [6.45, 7) is 2.58. The number of carboxylic acids is 1. The molecule has 0 saturated carbocycles. The summed E-state index contributed by atoms with van der Waals surface area (Å²) in [6.07, 6.45) is 0.198. The second-order valence-electron chi connectivity index (χ2n) is 5.52. The topological polar surface area (TPSA) is 86.7 Å². The van der Waals surface area contributed by atoms with Crippen LogP contribution in [0.2, 0.25) is 0 Å². The van der Waals surface area contributed by atoms with Gasteiger partial charge in [0.2, 0.25) is 11.8 Å². The first-order valence-electron chi connectivity index (χ1n) is 7.84. The van der Waals surface area contributed by atoms with Crippen LogP contribution < -0.4 is 5.32 Å². The highest BCUT2D eigenvalue weighted by Crippen LogP contribution is 2.16. The summed E-state index contributed by atoms with van der Waals surface area (Å²) < 4.78 is 0. The smallest absolute Gasteiger partial charge is 0.345 e. The Bertz CT molecular complexity index is 743. The molecule has 0 aliphatic heterocycles. The van der Waals surface area contributed by atoms with Gasteiger partial charge in [0.05, 0.1) is 6.54 Å². The third kappa shape index (κ3) is 6.04. The average molecular weight is 360 g/mol. The quantitative estimate of drug-likeness (QED) is 0.757. The lowest BCUT2D eigenvalue weighted by Gasteiger charge is -2.21. The second-order valence-corrected chi connectivity index (χ2v) is 6.69. The van der Waals surface area contributed by atoms with Crippen LogP contribution in [0.3, 0.4) is 0 Å². The summed E-state index contributed by atoms with van der Waals surface area (Å²) in [4.78, 5) is 37.2. The summed E-state index contributed by atoms with van der Waals surface area (Å²) in [7, 11) is 0. The Morgan fingerprint density at radius 3 is 2.44 bits per heavy atom. The van der Waals surface area contributed by atoms with Crippen molar-refractivity contribution in [1.29, 1.82) is 0 Å². The highest BCUT2D eigenvalue weighted by Gasteiger charge is 2.12. The predicted molar refractivity (Wildman–Crippen MR) is 95.3 cm³/mol. The van der Waals surface area contributed by atoms with Crippen LogP contribution in [0, 0.1) is 0 Å². The first-order valence-corrected chi connectivity index (χ1v) is 8.65. The van der Waals surface area contributed by atoms with E-state index in [-0.39, 0.29) is 29.7 Å². The molecule has 0 spiro atoms. The van der Waals surface area contributed by atoms with Gasteiger partial charge in [-0.25, -0.2) is 4.79 Å². The van der Waals surface area contributed by atoms with E-state index in [4.69, 9.17) is 5.11 Å². The van der Waals surface area contributed by atoms with E-state index in [0.717, 1.165) is 21.8 Å². The van der Waals surface area contributed by atoms with Crippen LogP contribution in [-0.4, -0.2) is 34.3 Å². The van der Waals surface area contributed by atoms with Gasteiger partial charge >= 0.3 is 5.97 Å². The Balaban J connectivity index is 1.80. The fraction of sp³-hybridized carbons (Fsp3) is 0.278. The van der Waals surface area contributed by atoms with Crippen LogP contribution in [-0.2, 0) is 22.7 Å². The molecule has 0 aliphatic carbocycles. The standard InChI is InChI=1S/C18H20N2O4S/c1-13(21)20(12-14-5-3-2-4-6-14)10-9-17(22)19-11-15-7-8-16(25-15)18(23)24/h2-8H,9-12H2,1H3,(H,19,22)(H,23,24). The van der Waals surface area contributed by atoms with Gasteiger partial charge in [0.25, 0.3) is 0 Å². The molecule has 6 nitrogen and oxygen atoms in total. The fourth-order valence-corrected chi connectivity index (χ4v) is 3.04. The Hall–Kier alpha value is -2.67. The number of carbonyl (C=O) groups excluding carboxylic acids is 2. The average Bonchev–Trinajstić information content (AvgIpc) is 3.06. The summed E-state index contributed by atoms with van der Waals surface area (Å²) in [5, 5.41) is 11.6. The molecule has 1 heterocycles. The summed E-state index contributed by atoms with van der Waals surface area (Å²) >= 11 is 1.14. The van der Waals surface area contributed by atoms with Crippen molar-refractivity contribution in [1.82, 2.24) is 10.2 Å². The van der Waals surface area contributed by atoms with Crippen LogP contribution in [0.4, 0.5) is 0 Å². The number of aromatic carboxylic acids is 1. The van der Waals surface area contributed by atoms with Gasteiger partial charge in [0, 0.05) is 31.3 Å². The zero-order chi connectivity index (χ0) is 18.2. The van der Waals surface area contributed by atoms with Crippen LogP contribution >= 0.6 is 11.3 Å². The normalized spacial score (nSPS) is 10.3. The van der Waals surface area contributed by atoms with Crippen LogP contribution in [0.15, 0.2) is 42.5 Å². The van der Waals surface area contributed by atoms with Gasteiger partial charge in [-0.3, -0.25) is 9.59 Å². The Kier molecular flexibility index (Phi) is 6.71. The molecule has 0 saturated heterocycles. The molecule has 0 radical (unpaired) electrons. The molecule has 7 heteroatoms. The second kappa shape index (κ2) is 8.98. The van der Waals surface area contributed by atoms with E-state index in [1.54, 1.807) is 11.0 Å². The van der Waals surface area contributed by atoms with E-state index in [1.165, 1.54) is 13.0 Å². The predicted octanol–water partition coefficient (Wildman–Crippen LogP) is 2.50. The Morgan fingerprint density at radius 2 is 1.84 bits per heavy atom. The fourth-order valence-electron chi connectivity index (χ4n) is 2.25. The summed E-state index contributed by atoms with van der Waals surface area (Å²) in [5.41, 5.74) is 1.01. The maximum atomic E-state index is 12.0. The maximum absolute atomic E-state index is 12.0. The number of carbonyl (C=O) groups is 3. The van der Waals surface area contributed by atoms with E-state index in [9.17, 15) is 14.4 Å². The van der Waals surface area contributed by atoms with E-state index in [1.807, 2.05) is 30.3 Å². The molecule has 1 aromatic heterocycles. The van der Waals surface area contributed by atoms with E-state index >= 15 is 0 Å². The van der Waals surface area contributed by atoms with Gasteiger partial charge in [0.1, 0.15) is 4.88 Å². The number of benzene rings is 1. The van der Waals surface area contributed by atoms with Crippen molar-refractivity contribution in [2.45, 2.75) is 26.4 Å². The highest BCUT2D eigenvalue weighted by molar-refractivity contribution is 7.13. The minimum absolute atomic E-state index is 0.0824. The highest BCUT2D eigenvalue weighted by atomic mass is 32.1. The van der Waals surface area contributed by atoms with Gasteiger partial charge in [-0.05, 0) is 17.7 Å². The van der Waals surface area contributed by atoms with Gasteiger partial charge in [-0.1, -0.05) is 30.3 Å². The Morgan fingerprint density at radius 1 is 1.12 bits per heavy atom. The van der Waals surface area contributed by atoms with Gasteiger partial charge in [-0.2, -0.15) is 0 Å². The van der Waals surface area contributed by atoms with E-state index in [2.05, 4.69) is 5.32 Å². The number of carboxylic acid groups (broad SMARTS) is 1. The molecular weight excluding hydrogens is 340 g/mol. The van der Waals surface area contributed by atoms with Gasteiger partial charge in [0.15, 0.2) is 0 Å². The zero-order valence-corrected chi connectivity index (χ0v) is 14.7. The van der Waals surface area contributed by atoms with Crippen molar-refractivity contribution in [3.8, 4) is 0 Å². The molecule has 0 bridgehead atoms. The molecule has 0 fully saturated rings. The van der Waals surface area contributed by atoms with Crippen molar-refractivity contribution in [2.24, 2.45) is 0 Å². The lowest BCUT2D eigenvalue weighted by atomic mass is 10.2. The lowest BCUT2D eigenvalue weighted by Crippen LogP contribution is -2.33. The first-order chi connectivity index (χ1) is 12.0. The third-order valence-corrected chi connectivity index (χ3v) is 4.68. The number of thiophene rings is 1. The largest absolute Gasteiger partial charge is 0.477 e. The van der Waals surface area contributed by atoms with Crippen molar-refractivity contribution < 1.29 is 19.5 Å². The number of rotatable bonds is 8. The molecule has 0 unspecified atom stereocenters. The molecule has 2 N–H and O–H groups in total. The summed E-state index contributed by atoms with van der Waals surface area (Å²) in [5.74, 6) is -1.23. The minimum Gasteiger partial charge on any atom is -0.477 e. The van der Waals surface area contributed by atoms with E-state index < -0.39 is 5.97 Å². The number of nitrogens with zero attached hydrogens (tertiary/aromatic N) is 1. The molecule has 132 valence electrons. The monoisotopic (exact) mass is 360 g/mol. The number of hydrogen-bond acceptors (Lipinski definition) is 4. The lowest BCUT2D eigenvalue weighted by molar-refractivity contribution is -0.130. The minimum atomic E-state index is -0.972. The van der Waals surface area contributed by atoms with E-state index in [0.29, 0.717) is 13.1 Å². The van der Waals surface area contributed by atoms with Crippen LogP contribution in [0.5, 0.6) is 0 Å². The molecular formula is C18H20N2O4S. The van der Waals surface area contributed by atoms with Crippen LogP contribution in [0.1, 0.15) is 33.5 Å². The Labute approximate surface area is 150 Å². The zero-order valence-electron chi connectivity index (χ0n) is 13.9. The van der Waals surface area contributed by atoms with Gasteiger partial charge < -0.3 is 15.3 Å². The first kappa shape index (κ1) is 18.7. The molecule has 2 amide bonds. The number of amides is 2. The number of nitrogens with one attached hydrogen (secondary N) is 1. The van der Waals surface area contributed by atoms with Crippen molar-refractivity contribution in [2.75, 3.05) is 6.54 Å². The number of hydrogen-bond donors (Lipinski definition) is 2. The third-order valence-electron chi connectivity index (χ3n) is 3.60. The summed E-state index contributed by atoms with van der Waals surface area (Å²) in [6, 6.07) is 12.8. The molecule has 2 rings (SSSR count). The molecule has 2 aromatic rings.